The largest absolute Gasteiger partial charge is 0.495 e. The highest BCUT2D eigenvalue weighted by atomic mass is 32.2. The number of benzene rings is 3. The van der Waals surface area contributed by atoms with Gasteiger partial charge in [-0.05, 0) is 55.8 Å². The van der Waals surface area contributed by atoms with Crippen LogP contribution in [0.1, 0.15) is 25.0 Å². The van der Waals surface area contributed by atoms with E-state index in [4.69, 9.17) is 4.74 Å². The van der Waals surface area contributed by atoms with Crippen molar-refractivity contribution >= 4 is 38.9 Å². The number of nitrogens with one attached hydrogen (secondary N) is 2. The Hall–Kier alpha value is -4.18. The zero-order chi connectivity index (χ0) is 26.3. The monoisotopic (exact) mass is 508 g/mol. The van der Waals surface area contributed by atoms with Crippen LogP contribution < -0.4 is 19.8 Å². The van der Waals surface area contributed by atoms with Crippen molar-refractivity contribution in [3.63, 3.8) is 0 Å². The molecule has 0 fully saturated rings. The van der Waals surface area contributed by atoms with E-state index >= 15 is 0 Å². The maximum atomic E-state index is 13.6. The molecule has 0 aliphatic heterocycles. The topological polar surface area (TPSA) is 117 Å². The SMILES string of the molecule is COc1ccccc1N(CC(=O)N/N=C(/C)c1cccc(NC(C)=O)c1)S(=O)(=O)c1ccc(C)cc1. The maximum Gasteiger partial charge on any atom is 0.264 e. The van der Waals surface area contributed by atoms with Gasteiger partial charge in [-0.1, -0.05) is 42.0 Å². The summed E-state index contributed by atoms with van der Waals surface area (Å²) in [6.45, 7) is 4.42. The molecule has 0 saturated heterocycles. The van der Waals surface area contributed by atoms with Crippen molar-refractivity contribution in [3.05, 3.63) is 83.9 Å². The zero-order valence-corrected chi connectivity index (χ0v) is 21.3. The van der Waals surface area contributed by atoms with Gasteiger partial charge in [0, 0.05) is 12.6 Å². The number of hydrogen-bond acceptors (Lipinski definition) is 6. The van der Waals surface area contributed by atoms with E-state index < -0.39 is 22.5 Å². The molecule has 10 heteroatoms. The van der Waals surface area contributed by atoms with E-state index in [0.717, 1.165) is 9.87 Å². The second kappa shape index (κ2) is 11.5. The molecule has 36 heavy (non-hydrogen) atoms. The van der Waals surface area contributed by atoms with Gasteiger partial charge in [-0.15, -0.1) is 0 Å². The molecule has 2 amide bonds. The molecular formula is C26H28N4O5S. The van der Waals surface area contributed by atoms with Crippen molar-refractivity contribution in [1.82, 2.24) is 5.43 Å². The maximum absolute atomic E-state index is 13.6. The number of sulfonamides is 1. The summed E-state index contributed by atoms with van der Waals surface area (Å²) >= 11 is 0. The fraction of sp³-hybridized carbons (Fsp3) is 0.192. The summed E-state index contributed by atoms with van der Waals surface area (Å²) in [5, 5.41) is 6.81. The van der Waals surface area contributed by atoms with Gasteiger partial charge < -0.3 is 10.1 Å². The minimum absolute atomic E-state index is 0.0428. The number of para-hydroxylation sites is 2. The zero-order valence-electron chi connectivity index (χ0n) is 20.5. The van der Waals surface area contributed by atoms with Crippen LogP contribution in [0.4, 0.5) is 11.4 Å². The van der Waals surface area contributed by atoms with E-state index in [1.165, 1.54) is 26.2 Å². The molecule has 0 bridgehead atoms. The quantitative estimate of drug-likeness (QED) is 0.338. The Balaban J connectivity index is 1.88. The summed E-state index contributed by atoms with van der Waals surface area (Å²) in [5.41, 5.74) is 5.29. The van der Waals surface area contributed by atoms with E-state index in [1.807, 2.05) is 6.92 Å². The van der Waals surface area contributed by atoms with Crippen LogP contribution in [0.5, 0.6) is 5.75 Å². The van der Waals surface area contributed by atoms with Crippen molar-refractivity contribution in [2.45, 2.75) is 25.7 Å². The molecule has 0 heterocycles. The van der Waals surface area contributed by atoms with Crippen molar-refractivity contribution in [2.24, 2.45) is 5.10 Å². The average molecular weight is 509 g/mol. The second-order valence-electron chi connectivity index (χ2n) is 7.99. The lowest BCUT2D eigenvalue weighted by molar-refractivity contribution is -0.119. The number of amides is 2. The van der Waals surface area contributed by atoms with E-state index in [-0.39, 0.29) is 16.5 Å². The summed E-state index contributed by atoms with van der Waals surface area (Å²) in [5.74, 6) is -0.550. The molecule has 0 aromatic heterocycles. The molecule has 0 unspecified atom stereocenters. The second-order valence-corrected chi connectivity index (χ2v) is 9.85. The number of hydrazone groups is 1. The first-order chi connectivity index (χ1) is 17.1. The molecule has 2 N–H and O–H groups in total. The van der Waals surface area contributed by atoms with Crippen LogP contribution in [0.2, 0.25) is 0 Å². The van der Waals surface area contributed by atoms with Gasteiger partial charge in [-0.3, -0.25) is 13.9 Å². The van der Waals surface area contributed by atoms with E-state index in [9.17, 15) is 18.0 Å². The number of aryl methyl sites for hydroxylation is 1. The van der Waals surface area contributed by atoms with Gasteiger partial charge in [0.1, 0.15) is 12.3 Å². The summed E-state index contributed by atoms with van der Waals surface area (Å²) < 4.78 is 33.5. The summed E-state index contributed by atoms with van der Waals surface area (Å²) in [6.07, 6.45) is 0. The number of rotatable bonds is 9. The molecule has 0 aliphatic carbocycles. The van der Waals surface area contributed by atoms with Gasteiger partial charge in [-0.2, -0.15) is 5.10 Å². The lowest BCUT2D eigenvalue weighted by Gasteiger charge is -2.25. The number of ether oxygens (including phenoxy) is 1. The predicted octanol–water partition coefficient (Wildman–Crippen LogP) is 3.70. The molecule has 0 radical (unpaired) electrons. The van der Waals surface area contributed by atoms with Crippen LogP contribution in [0.15, 0.2) is 82.8 Å². The third-order valence-corrected chi connectivity index (χ3v) is 6.97. The first-order valence-electron chi connectivity index (χ1n) is 11.1. The molecule has 9 nitrogen and oxygen atoms in total. The van der Waals surface area contributed by atoms with Crippen molar-refractivity contribution < 1.29 is 22.7 Å². The minimum atomic E-state index is -4.10. The lowest BCUT2D eigenvalue weighted by Crippen LogP contribution is -2.40. The normalized spacial score (nSPS) is 11.5. The van der Waals surface area contributed by atoms with Gasteiger partial charge in [0.25, 0.3) is 15.9 Å². The number of nitrogens with zero attached hydrogens (tertiary/aromatic N) is 2. The van der Waals surface area contributed by atoms with Crippen LogP contribution in [0.25, 0.3) is 0 Å². The number of hydrogen-bond donors (Lipinski definition) is 2. The van der Waals surface area contributed by atoms with Gasteiger partial charge in [-0.25, -0.2) is 13.8 Å². The third-order valence-electron chi connectivity index (χ3n) is 5.20. The number of anilines is 2. The molecule has 0 aliphatic rings. The highest BCUT2D eigenvalue weighted by Gasteiger charge is 2.29. The molecule has 188 valence electrons. The molecule has 0 saturated carbocycles. The van der Waals surface area contributed by atoms with Crippen LogP contribution >= 0.6 is 0 Å². The Morgan fingerprint density at radius 2 is 1.67 bits per heavy atom. The highest BCUT2D eigenvalue weighted by Crippen LogP contribution is 2.32. The van der Waals surface area contributed by atoms with Crippen LogP contribution in [-0.2, 0) is 19.6 Å². The van der Waals surface area contributed by atoms with Gasteiger partial charge in [0.15, 0.2) is 0 Å². The Morgan fingerprint density at radius 1 is 0.972 bits per heavy atom. The highest BCUT2D eigenvalue weighted by molar-refractivity contribution is 7.92. The standard InChI is InChI=1S/C26H28N4O5S/c1-18-12-14-23(15-13-18)36(33,34)30(24-10-5-6-11-25(24)35-4)17-26(32)29-28-19(2)21-8-7-9-22(16-21)27-20(3)31/h5-16H,17H2,1-4H3,(H,27,31)(H,29,32)/b28-19-. The molecule has 3 aromatic carbocycles. The first kappa shape index (κ1) is 26.4. The number of carbonyl (C=O) groups is 2. The van der Waals surface area contributed by atoms with Crippen molar-refractivity contribution in [3.8, 4) is 5.75 Å². The Morgan fingerprint density at radius 3 is 2.33 bits per heavy atom. The summed E-state index contributed by atoms with van der Waals surface area (Å²) in [7, 11) is -2.67. The molecule has 3 aromatic rings. The average Bonchev–Trinajstić information content (AvgIpc) is 2.85. The fourth-order valence-electron chi connectivity index (χ4n) is 3.37. The van der Waals surface area contributed by atoms with E-state index in [2.05, 4.69) is 15.8 Å². The van der Waals surface area contributed by atoms with Crippen LogP contribution in [-0.4, -0.2) is 39.6 Å². The number of carbonyl (C=O) groups excluding carboxylic acids is 2. The van der Waals surface area contributed by atoms with E-state index in [0.29, 0.717) is 22.7 Å². The van der Waals surface area contributed by atoms with Crippen LogP contribution in [0, 0.1) is 6.92 Å². The molecule has 0 atom stereocenters. The predicted molar refractivity (Wildman–Crippen MR) is 140 cm³/mol. The lowest BCUT2D eigenvalue weighted by atomic mass is 10.1. The van der Waals surface area contributed by atoms with E-state index in [1.54, 1.807) is 67.6 Å². The molecule has 0 spiro atoms. The Labute approximate surface area is 210 Å². The fourth-order valence-corrected chi connectivity index (χ4v) is 4.81. The van der Waals surface area contributed by atoms with Crippen molar-refractivity contribution in [1.29, 1.82) is 0 Å². The first-order valence-corrected chi connectivity index (χ1v) is 12.5. The van der Waals surface area contributed by atoms with Gasteiger partial charge >= 0.3 is 0 Å². The van der Waals surface area contributed by atoms with Crippen LogP contribution in [0.3, 0.4) is 0 Å². The smallest absolute Gasteiger partial charge is 0.264 e. The minimum Gasteiger partial charge on any atom is -0.495 e. The molecule has 3 rings (SSSR count). The third kappa shape index (κ3) is 6.48. The van der Waals surface area contributed by atoms with Gasteiger partial charge in [0.2, 0.25) is 5.91 Å². The van der Waals surface area contributed by atoms with Gasteiger partial charge in [0.05, 0.1) is 23.4 Å². The Bertz CT molecular complexity index is 1390. The number of methoxy groups -OCH3 is 1. The summed E-state index contributed by atoms with van der Waals surface area (Å²) in [6, 6.07) is 19.9. The Kier molecular flexibility index (Phi) is 8.44. The summed E-state index contributed by atoms with van der Waals surface area (Å²) in [4.78, 5) is 24.2. The van der Waals surface area contributed by atoms with Crippen molar-refractivity contribution in [2.75, 3.05) is 23.3 Å². The molecular weight excluding hydrogens is 480 g/mol.